The van der Waals surface area contributed by atoms with E-state index in [2.05, 4.69) is 193 Å². The maximum Gasteiger partial charge on any atom is 0.275 e. The summed E-state index contributed by atoms with van der Waals surface area (Å²) in [5.41, 5.74) is 10.3. The Morgan fingerprint density at radius 1 is 0.360 bits per heavy atom. The first-order valence-electron chi connectivity index (χ1n) is 55.3. The Kier molecular flexibility index (Phi) is 42.1. The first kappa shape index (κ1) is 120. The summed E-state index contributed by atoms with van der Waals surface area (Å²) in [6, 6.07) is 37.5. The van der Waals surface area contributed by atoms with E-state index in [9.17, 15) is 39.5 Å². The highest BCUT2D eigenvalue weighted by Crippen LogP contribution is 2.46. The van der Waals surface area contributed by atoms with E-state index in [1.54, 1.807) is 30.3 Å². The maximum atomic E-state index is 13.8. The van der Waals surface area contributed by atoms with E-state index in [-0.39, 0.29) is 101 Å². The third-order valence-electron chi connectivity index (χ3n) is 28.3. The molecule has 9 aromatic rings. The van der Waals surface area contributed by atoms with Crippen LogP contribution in [0.3, 0.4) is 0 Å². The number of halogens is 9. The molecule has 1 atom stereocenters. The lowest BCUT2D eigenvalue weighted by Gasteiger charge is -2.28. The molecule has 0 radical (unpaired) electrons. The van der Waals surface area contributed by atoms with E-state index in [1.165, 1.54) is 162 Å². The van der Waals surface area contributed by atoms with Crippen molar-refractivity contribution in [1.82, 2.24) is 24.8 Å². The maximum absolute atomic E-state index is 13.8. The predicted molar refractivity (Wildman–Crippen MR) is 590 cm³/mol. The zero-order valence-corrected chi connectivity index (χ0v) is 95.5. The zero-order valence-electron chi connectivity index (χ0n) is 95.5. The smallest absolute Gasteiger partial charge is 0.275 e. The average Bonchev–Trinajstić information content (AvgIpc) is 1.47. The molecule has 7 saturated carbocycles. The lowest BCUT2D eigenvalue weighted by molar-refractivity contribution is 0.0755. The number of hydrogen-bond donors (Lipinski definition) is 0. The van der Waals surface area contributed by atoms with Crippen LogP contribution in [0, 0.1) is 82.3 Å². The molecule has 2 aromatic heterocycles. The SMILES string of the molecule is CC(C)(C)c1cc(F)cc(OCC2CC2)c1.CC(C)(C)c1ccc(C(F)F)c(OCC2CC2)c1.CC(C)(C)c1ccc(F)c(CCC2CC2)c1.CC(C)(C)c1ccc(F)c(N2CCCC2)c1.CC(C)(C)c1ccc(F)c(OCCN2CCCC2)c1.CC(C)(C)c1ccc(F)cc1OCC1CC1.CC(C)(C)c1ccc2c(c1)OC(C1CC1)CO2.CC(C)(C)c1cnc(F)c(OCC2CC2)n1.CC(C)(C)c1ncc(F)c(OCC2CC2)n1. The van der Waals surface area contributed by atoms with Gasteiger partial charge in [-0.2, -0.15) is 13.8 Å². The van der Waals surface area contributed by atoms with Gasteiger partial charge in [-0.05, 0) is 325 Å². The quantitative estimate of drug-likeness (QED) is 0.0503. The molecular formula is C127H177F9N6O8. The van der Waals surface area contributed by atoms with Crippen LogP contribution in [0.1, 0.15) is 377 Å². The first-order valence-corrected chi connectivity index (χ1v) is 55.3. The van der Waals surface area contributed by atoms with E-state index >= 15 is 0 Å². The molecule has 826 valence electrons. The van der Waals surface area contributed by atoms with Gasteiger partial charge in [0.2, 0.25) is 5.82 Å². The van der Waals surface area contributed by atoms with Crippen molar-refractivity contribution in [2.45, 2.75) is 377 Å². The molecule has 2 saturated heterocycles. The van der Waals surface area contributed by atoms with Crippen molar-refractivity contribution in [3.63, 3.8) is 0 Å². The summed E-state index contributed by atoms with van der Waals surface area (Å²) in [5, 5.41) is 0. The molecule has 10 aliphatic rings. The van der Waals surface area contributed by atoms with Crippen LogP contribution in [-0.4, -0.2) is 110 Å². The van der Waals surface area contributed by atoms with Crippen LogP contribution in [0.25, 0.3) is 0 Å². The topological polar surface area (TPSA) is 132 Å². The number of likely N-dealkylation sites (tertiary alicyclic amines) is 1. The molecule has 0 bridgehead atoms. The molecule has 23 heteroatoms. The summed E-state index contributed by atoms with van der Waals surface area (Å²) in [6.45, 7) is 66.4. The number of benzene rings is 7. The monoisotopic (exact) mass is 2090 g/mol. The highest BCUT2D eigenvalue weighted by atomic mass is 19.3. The minimum absolute atomic E-state index is 0.00338. The fraction of sp³-hybridized carbons (Fsp3) is 0.606. The Balaban J connectivity index is 0.000000160. The molecule has 19 rings (SSSR count). The number of rotatable bonds is 25. The van der Waals surface area contributed by atoms with Gasteiger partial charge in [0.15, 0.2) is 23.1 Å². The molecule has 3 aliphatic heterocycles. The lowest BCUT2D eigenvalue weighted by atomic mass is 9.85. The second-order valence-electron chi connectivity index (χ2n) is 52.2. The number of nitrogens with zero attached hydrogens (tertiary/aromatic N) is 6. The van der Waals surface area contributed by atoms with E-state index in [0.717, 1.165) is 134 Å². The van der Waals surface area contributed by atoms with Gasteiger partial charge in [-0.3, -0.25) is 4.90 Å². The fourth-order valence-electron chi connectivity index (χ4n) is 16.5. The third kappa shape index (κ3) is 40.9. The minimum atomic E-state index is -2.48. The molecular weight excluding hydrogens is 1910 g/mol. The molecule has 7 aliphatic carbocycles. The van der Waals surface area contributed by atoms with Crippen LogP contribution < -0.4 is 42.8 Å². The van der Waals surface area contributed by atoms with Crippen molar-refractivity contribution in [2.24, 2.45) is 41.4 Å². The lowest BCUT2D eigenvalue weighted by Crippen LogP contribution is -2.31. The van der Waals surface area contributed by atoms with Gasteiger partial charge in [0, 0.05) is 42.6 Å². The van der Waals surface area contributed by atoms with Crippen molar-refractivity contribution in [2.75, 3.05) is 83.9 Å². The molecule has 0 spiro atoms. The fourth-order valence-corrected chi connectivity index (χ4v) is 16.5. The largest absolute Gasteiger partial charge is 0.493 e. The van der Waals surface area contributed by atoms with Crippen LogP contribution >= 0.6 is 0 Å². The second-order valence-corrected chi connectivity index (χ2v) is 52.2. The van der Waals surface area contributed by atoms with E-state index < -0.39 is 18.2 Å². The van der Waals surface area contributed by atoms with Crippen molar-refractivity contribution in [3.05, 3.63) is 242 Å². The van der Waals surface area contributed by atoms with Crippen molar-refractivity contribution >= 4 is 5.69 Å². The second kappa shape index (κ2) is 52.4. The van der Waals surface area contributed by atoms with Gasteiger partial charge in [-0.1, -0.05) is 242 Å². The molecule has 7 aromatic carbocycles. The number of ether oxygens (including phenoxy) is 8. The standard InChI is InChI=1S/C16H24FNO.C15H20F2O.C15H21F.C15H20O2.C14H20FN.2C14H19FO.2C12H17FN2O/c1-16(2,3)13-6-7-14(17)15(12-13)19-11-10-18-8-4-5-9-18;1-15(2,3)11-6-7-12(14(16)17)13(8-11)18-9-10-4-5-10;1-15(2,3)13-8-9-14(16)12(10-13)7-6-11-4-5-11;1-15(2,3)11-6-7-12-13(8-11)17-14(9-16-12)10-4-5-10;1-14(2,3)11-6-7-12(15)13(10-11)16-8-4-5-9-16;1-14(2,3)11-6-12(15)8-13(7-11)16-9-10-4-5-10;1-14(2,3)12-7-6-11(15)8-13(12)16-9-10-4-5-10;1-12(2,3)9-6-14-10(13)11(15-9)16-7-8-4-5-8;1-12(2,3)11-14-6-9(13)10(15-11)16-7-8-4-5-8/h6-7,12H,4-5,8-11H2,1-3H3;6-8,10,14H,4-5,9H2,1-3H3;8-11H,4-7H2,1-3H3;6-8,10,14H,4-5,9H2,1-3H3;6-7,10H,4-5,8-9H2,1-3H3;2*6-8,10H,4-5,9H2,1-3H3;2*6,8H,4-5,7H2,1-3H3. The van der Waals surface area contributed by atoms with Gasteiger partial charge in [-0.15, -0.1) is 0 Å². The number of alkyl halides is 2. The summed E-state index contributed by atoms with van der Waals surface area (Å²) in [5.74, 6) is 7.48. The Morgan fingerprint density at radius 3 is 1.35 bits per heavy atom. The Bertz CT molecular complexity index is 5570. The molecule has 0 N–H and O–H groups in total. The molecule has 0 amide bonds. The first-order chi connectivity index (χ1) is 70.2. The van der Waals surface area contributed by atoms with E-state index in [1.807, 2.05) is 90.1 Å². The normalized spacial score (nSPS) is 17.2. The van der Waals surface area contributed by atoms with Crippen molar-refractivity contribution in [3.8, 4) is 46.3 Å². The van der Waals surface area contributed by atoms with E-state index in [0.29, 0.717) is 91.4 Å². The third-order valence-corrected chi connectivity index (χ3v) is 28.3. The minimum Gasteiger partial charge on any atom is -0.493 e. The van der Waals surface area contributed by atoms with Crippen LogP contribution in [0.4, 0.5) is 45.2 Å². The molecule has 1 unspecified atom stereocenters. The number of fused-ring (bicyclic) bond motifs is 1. The number of aromatic nitrogens is 4. The zero-order chi connectivity index (χ0) is 110. The number of anilines is 1. The van der Waals surface area contributed by atoms with Crippen LogP contribution in [-0.2, 0) is 55.2 Å². The molecule has 14 nitrogen and oxygen atoms in total. The predicted octanol–water partition coefficient (Wildman–Crippen LogP) is 33.3. The molecule has 9 fully saturated rings. The number of aryl methyl sites for hydroxylation is 1. The van der Waals surface area contributed by atoms with Gasteiger partial charge in [0.25, 0.3) is 24.1 Å². The Labute approximate surface area is 893 Å². The Morgan fingerprint density at radius 2 is 0.833 bits per heavy atom. The van der Waals surface area contributed by atoms with E-state index in [4.69, 9.17) is 37.9 Å². The number of hydrogen-bond acceptors (Lipinski definition) is 14. The van der Waals surface area contributed by atoms with Crippen molar-refractivity contribution < 1.29 is 77.4 Å². The van der Waals surface area contributed by atoms with Crippen molar-refractivity contribution in [1.29, 1.82) is 0 Å². The summed E-state index contributed by atoms with van der Waals surface area (Å²) in [7, 11) is 0. The average molecular weight is 2090 g/mol. The molecule has 150 heavy (non-hydrogen) atoms. The van der Waals surface area contributed by atoms with Crippen LogP contribution in [0.2, 0.25) is 0 Å². The van der Waals surface area contributed by atoms with Gasteiger partial charge < -0.3 is 42.8 Å². The summed E-state index contributed by atoms with van der Waals surface area (Å²) >= 11 is 0. The summed E-state index contributed by atoms with van der Waals surface area (Å²) in [6.07, 6.45) is 24.7. The van der Waals surface area contributed by atoms with Gasteiger partial charge in [0.05, 0.1) is 62.4 Å². The highest BCUT2D eigenvalue weighted by Gasteiger charge is 2.38. The van der Waals surface area contributed by atoms with Crippen LogP contribution in [0.5, 0.6) is 46.3 Å². The Hall–Kier alpha value is -9.77. The summed E-state index contributed by atoms with van der Waals surface area (Å²) < 4.78 is 165. The molecule has 5 heterocycles. The highest BCUT2D eigenvalue weighted by molar-refractivity contribution is 5.53. The van der Waals surface area contributed by atoms with Crippen LogP contribution in [0.15, 0.2) is 140 Å². The van der Waals surface area contributed by atoms with Gasteiger partial charge >= 0.3 is 0 Å². The van der Waals surface area contributed by atoms with Gasteiger partial charge in [-0.25, -0.2) is 45.7 Å². The summed E-state index contributed by atoms with van der Waals surface area (Å²) in [4.78, 5) is 20.5. The van der Waals surface area contributed by atoms with Gasteiger partial charge in [0.1, 0.15) is 65.7 Å².